The molecule has 0 aliphatic rings. The van der Waals surface area contributed by atoms with Crippen LogP contribution in [-0.2, 0) is 6.54 Å². The fraction of sp³-hybridized carbons (Fsp3) is 0.308. The molecule has 0 radical (unpaired) electrons. The van der Waals surface area contributed by atoms with E-state index in [2.05, 4.69) is 24.1 Å². The molecule has 0 saturated carbocycles. The van der Waals surface area contributed by atoms with Crippen LogP contribution < -0.4 is 15.6 Å². The first-order valence-electron chi connectivity index (χ1n) is 10.5. The van der Waals surface area contributed by atoms with Gasteiger partial charge in [0.2, 0.25) is 0 Å². The van der Waals surface area contributed by atoms with Gasteiger partial charge in [-0.1, -0.05) is 56.3 Å². The molecular weight excluding hydrogens is 388 g/mol. The number of hydrogen-bond acceptors (Lipinski definition) is 4. The molecule has 5 heteroatoms. The Bertz CT molecular complexity index is 1010. The predicted molar refractivity (Wildman–Crippen MR) is 126 cm³/mol. The van der Waals surface area contributed by atoms with Crippen LogP contribution in [0.3, 0.4) is 0 Å². The van der Waals surface area contributed by atoms with Gasteiger partial charge in [-0.05, 0) is 56.1 Å². The molecule has 1 aromatic heterocycles. The summed E-state index contributed by atoms with van der Waals surface area (Å²) in [6.07, 6.45) is 0.842. The number of aromatic amines is 1. The molecule has 1 heterocycles. The number of carbonyl (C=O) groups excluding carboxylic acids is 1. The van der Waals surface area contributed by atoms with Gasteiger partial charge < -0.3 is 15.0 Å². The van der Waals surface area contributed by atoms with Crippen molar-refractivity contribution in [1.29, 1.82) is 0 Å². The number of para-hydroxylation sites is 1. The zero-order valence-corrected chi connectivity index (χ0v) is 18.9. The average molecular weight is 421 g/mol. The van der Waals surface area contributed by atoms with Crippen molar-refractivity contribution in [2.45, 2.75) is 40.3 Å². The summed E-state index contributed by atoms with van der Waals surface area (Å²) in [5.74, 6) is 1.21. The third kappa shape index (κ3) is 7.23. The van der Waals surface area contributed by atoms with Gasteiger partial charge in [-0.25, -0.2) is 0 Å². The van der Waals surface area contributed by atoms with E-state index in [-0.39, 0.29) is 11.7 Å². The number of pyridine rings is 1. The van der Waals surface area contributed by atoms with E-state index in [0.717, 1.165) is 34.4 Å². The molecule has 0 saturated heterocycles. The van der Waals surface area contributed by atoms with Crippen molar-refractivity contribution in [3.05, 3.63) is 99.0 Å². The van der Waals surface area contributed by atoms with E-state index in [4.69, 9.17) is 4.74 Å². The van der Waals surface area contributed by atoms with Gasteiger partial charge >= 0.3 is 0 Å². The lowest BCUT2D eigenvalue weighted by Gasteiger charge is -2.23. The van der Waals surface area contributed by atoms with Gasteiger partial charge in [-0.2, -0.15) is 0 Å². The lowest BCUT2D eigenvalue weighted by molar-refractivity contribution is 0.112. The lowest BCUT2D eigenvalue weighted by Crippen LogP contribution is -2.20. The number of carbonyl (C=O) groups is 1. The second kappa shape index (κ2) is 11.9. The summed E-state index contributed by atoms with van der Waals surface area (Å²) in [5, 5.41) is 2.97. The maximum Gasteiger partial charge on any atom is 0.252 e. The molecule has 3 rings (SSSR count). The molecule has 3 aromatic rings. The van der Waals surface area contributed by atoms with Gasteiger partial charge in [0.1, 0.15) is 18.1 Å². The first kappa shape index (κ1) is 24.1. The standard InChI is InChI=1S/C17H18O2.C9H14N2O/c1-13(2)17(19-16-6-4-3-5-7-16)15-10-8-14(12-18)9-11-15;1-6-4-7(2)11-9(12)8(6)5-10-3/h3-13,17H,1-2H3;4,10H,5H2,1-3H3,(H,11,12). The first-order chi connectivity index (χ1) is 14.8. The minimum Gasteiger partial charge on any atom is -0.485 e. The van der Waals surface area contributed by atoms with Crippen LogP contribution in [-0.4, -0.2) is 18.3 Å². The highest BCUT2D eigenvalue weighted by Crippen LogP contribution is 2.28. The van der Waals surface area contributed by atoms with Crippen LogP contribution in [0.5, 0.6) is 5.75 Å². The van der Waals surface area contributed by atoms with Crippen LogP contribution in [0.2, 0.25) is 0 Å². The van der Waals surface area contributed by atoms with Crippen LogP contribution in [0.25, 0.3) is 0 Å². The molecule has 2 N–H and O–H groups in total. The van der Waals surface area contributed by atoms with Crippen molar-refractivity contribution in [3.8, 4) is 5.75 Å². The quantitative estimate of drug-likeness (QED) is 0.529. The normalized spacial score (nSPS) is 11.4. The molecular formula is C26H32N2O3. The lowest BCUT2D eigenvalue weighted by atomic mass is 9.98. The molecule has 0 aliphatic carbocycles. The van der Waals surface area contributed by atoms with Gasteiger partial charge in [-0.3, -0.25) is 9.59 Å². The van der Waals surface area contributed by atoms with E-state index >= 15 is 0 Å². The molecule has 5 nitrogen and oxygen atoms in total. The fourth-order valence-electron chi connectivity index (χ4n) is 3.28. The van der Waals surface area contributed by atoms with Crippen molar-refractivity contribution >= 4 is 6.29 Å². The van der Waals surface area contributed by atoms with Crippen molar-refractivity contribution in [3.63, 3.8) is 0 Å². The Hall–Kier alpha value is -3.18. The number of aromatic nitrogens is 1. The largest absolute Gasteiger partial charge is 0.485 e. The van der Waals surface area contributed by atoms with Crippen molar-refractivity contribution in [2.24, 2.45) is 5.92 Å². The Morgan fingerprint density at radius 3 is 2.19 bits per heavy atom. The Morgan fingerprint density at radius 1 is 1.03 bits per heavy atom. The topological polar surface area (TPSA) is 71.2 Å². The number of nitrogens with one attached hydrogen (secondary N) is 2. The van der Waals surface area contributed by atoms with Gasteiger partial charge in [0.05, 0.1) is 0 Å². The second-order valence-electron chi connectivity index (χ2n) is 7.85. The van der Waals surface area contributed by atoms with Gasteiger partial charge in [0, 0.05) is 23.4 Å². The third-order valence-corrected chi connectivity index (χ3v) is 4.86. The molecule has 164 valence electrons. The molecule has 0 bridgehead atoms. The molecule has 1 atom stereocenters. The minimum absolute atomic E-state index is 0.0110. The van der Waals surface area contributed by atoms with Crippen LogP contribution in [0, 0.1) is 19.8 Å². The summed E-state index contributed by atoms with van der Waals surface area (Å²) in [6.45, 7) is 8.72. The van der Waals surface area contributed by atoms with E-state index in [0.29, 0.717) is 18.0 Å². The molecule has 0 spiro atoms. The van der Waals surface area contributed by atoms with E-state index in [1.54, 1.807) is 0 Å². The Labute approximate surface area is 184 Å². The fourth-order valence-corrected chi connectivity index (χ4v) is 3.28. The van der Waals surface area contributed by atoms with Crippen LogP contribution in [0.15, 0.2) is 65.5 Å². The van der Waals surface area contributed by atoms with Crippen LogP contribution in [0.4, 0.5) is 0 Å². The zero-order valence-electron chi connectivity index (χ0n) is 18.9. The summed E-state index contributed by atoms with van der Waals surface area (Å²) in [5.41, 5.74) is 4.57. The van der Waals surface area contributed by atoms with Gasteiger partial charge in [0.15, 0.2) is 0 Å². The third-order valence-electron chi connectivity index (χ3n) is 4.86. The highest BCUT2D eigenvalue weighted by Gasteiger charge is 2.17. The van der Waals surface area contributed by atoms with E-state index < -0.39 is 0 Å². The number of hydrogen-bond donors (Lipinski definition) is 2. The average Bonchev–Trinajstić information content (AvgIpc) is 2.76. The highest BCUT2D eigenvalue weighted by molar-refractivity contribution is 5.74. The predicted octanol–water partition coefficient (Wildman–Crippen LogP) is 4.99. The monoisotopic (exact) mass is 420 g/mol. The van der Waals surface area contributed by atoms with E-state index in [9.17, 15) is 9.59 Å². The SMILES string of the molecule is CC(C)C(Oc1ccccc1)c1ccc(C=O)cc1.CNCc1c(C)cc(C)[nH]c1=O. The smallest absolute Gasteiger partial charge is 0.252 e. The first-order valence-corrected chi connectivity index (χ1v) is 10.5. The van der Waals surface area contributed by atoms with Crippen LogP contribution in [0.1, 0.15) is 52.7 Å². The summed E-state index contributed by atoms with van der Waals surface area (Å²) in [4.78, 5) is 24.8. The molecule has 2 aromatic carbocycles. The zero-order chi connectivity index (χ0) is 22.8. The van der Waals surface area contributed by atoms with E-state index in [1.165, 1.54) is 0 Å². The molecule has 31 heavy (non-hydrogen) atoms. The summed E-state index contributed by atoms with van der Waals surface area (Å²) in [6, 6.07) is 19.3. The summed E-state index contributed by atoms with van der Waals surface area (Å²) < 4.78 is 6.05. The number of ether oxygens (including phenoxy) is 1. The maximum absolute atomic E-state index is 11.4. The van der Waals surface area contributed by atoms with E-state index in [1.807, 2.05) is 81.6 Å². The Balaban J connectivity index is 0.000000245. The molecule has 0 amide bonds. The van der Waals surface area contributed by atoms with Gasteiger partial charge in [-0.15, -0.1) is 0 Å². The number of rotatable bonds is 7. The van der Waals surface area contributed by atoms with Crippen LogP contribution >= 0.6 is 0 Å². The molecule has 0 fully saturated rings. The highest BCUT2D eigenvalue weighted by atomic mass is 16.5. The van der Waals surface area contributed by atoms with Gasteiger partial charge in [0.25, 0.3) is 5.56 Å². The maximum atomic E-state index is 11.4. The van der Waals surface area contributed by atoms with Crippen molar-refractivity contribution in [2.75, 3.05) is 7.05 Å². The Morgan fingerprint density at radius 2 is 1.68 bits per heavy atom. The number of aryl methyl sites for hydroxylation is 2. The Kier molecular flexibility index (Phi) is 9.22. The molecule has 1 unspecified atom stereocenters. The minimum atomic E-state index is -0.0110. The van der Waals surface area contributed by atoms with Crippen molar-refractivity contribution < 1.29 is 9.53 Å². The van der Waals surface area contributed by atoms with Crippen molar-refractivity contribution in [1.82, 2.24) is 10.3 Å². The summed E-state index contributed by atoms with van der Waals surface area (Å²) in [7, 11) is 1.83. The number of H-pyrrole nitrogens is 1. The number of benzene rings is 2. The number of aldehydes is 1. The molecule has 0 aliphatic heterocycles. The summed E-state index contributed by atoms with van der Waals surface area (Å²) >= 11 is 0. The second-order valence-corrected chi connectivity index (χ2v) is 7.85.